The molecule has 1 heterocycles. The second kappa shape index (κ2) is 8.89. The first kappa shape index (κ1) is 20.6. The summed E-state index contributed by atoms with van der Waals surface area (Å²) in [6.07, 6.45) is 1.56. The minimum Gasteiger partial charge on any atom is -0.505 e. The van der Waals surface area contributed by atoms with E-state index in [1.54, 1.807) is 6.08 Å². The zero-order valence-electron chi connectivity index (χ0n) is 11.7. The molecule has 2 N–H and O–H groups in total. The minimum atomic E-state index is -0.990. The lowest BCUT2D eigenvalue weighted by atomic mass is 10.0. The number of piperazine rings is 1. The molecule has 1 aromatic rings. The molecular weight excluding hydrogens is 336 g/mol. The van der Waals surface area contributed by atoms with E-state index in [-0.39, 0.29) is 36.1 Å². The third-order valence-corrected chi connectivity index (χ3v) is 3.38. The van der Waals surface area contributed by atoms with Gasteiger partial charge in [-0.1, -0.05) is 6.08 Å². The zero-order chi connectivity index (χ0) is 14.7. The van der Waals surface area contributed by atoms with Crippen LogP contribution < -0.4 is 5.32 Å². The minimum absolute atomic E-state index is 0. The molecule has 9 heteroatoms. The molecule has 1 aliphatic heterocycles. The summed E-state index contributed by atoms with van der Waals surface area (Å²) < 4.78 is 13.6. The third kappa shape index (κ3) is 4.30. The van der Waals surface area contributed by atoms with Gasteiger partial charge in [0.15, 0.2) is 11.6 Å². The topological polar surface area (TPSA) is 78.6 Å². The van der Waals surface area contributed by atoms with Crippen LogP contribution >= 0.6 is 24.8 Å². The Labute approximate surface area is 140 Å². The molecule has 0 bridgehead atoms. The van der Waals surface area contributed by atoms with E-state index in [9.17, 15) is 19.6 Å². The predicted molar refractivity (Wildman–Crippen MR) is 86.6 cm³/mol. The van der Waals surface area contributed by atoms with E-state index < -0.39 is 22.5 Å². The SMILES string of the molecule is C=C[C@H](c1cc([N+](=O)[O-])cc(F)c1O)N1CCNCC1.Cl.Cl. The van der Waals surface area contributed by atoms with E-state index >= 15 is 0 Å². The molecule has 0 radical (unpaired) electrons. The first-order valence-electron chi connectivity index (χ1n) is 6.28. The Bertz CT molecular complexity index is 540. The number of non-ortho nitro benzene ring substituents is 1. The Morgan fingerprint density at radius 3 is 2.50 bits per heavy atom. The summed E-state index contributed by atoms with van der Waals surface area (Å²) in [5, 5.41) is 23.8. The maximum Gasteiger partial charge on any atom is 0.272 e. The molecular formula is C13H18Cl2FN3O3. The van der Waals surface area contributed by atoms with Crippen molar-refractivity contribution in [3.8, 4) is 5.75 Å². The van der Waals surface area contributed by atoms with Crippen molar-refractivity contribution in [1.82, 2.24) is 10.2 Å². The lowest BCUT2D eigenvalue weighted by Gasteiger charge is -2.33. The molecule has 1 aliphatic rings. The molecule has 2 rings (SSSR count). The molecule has 0 unspecified atom stereocenters. The van der Waals surface area contributed by atoms with Crippen molar-refractivity contribution in [2.75, 3.05) is 26.2 Å². The molecule has 0 amide bonds. The fourth-order valence-corrected chi connectivity index (χ4v) is 2.37. The van der Waals surface area contributed by atoms with Gasteiger partial charge in [0, 0.05) is 37.8 Å². The van der Waals surface area contributed by atoms with Crippen LogP contribution in [0.25, 0.3) is 0 Å². The molecule has 1 saturated heterocycles. The highest BCUT2D eigenvalue weighted by Gasteiger charge is 2.26. The summed E-state index contributed by atoms with van der Waals surface area (Å²) in [6.45, 7) is 6.61. The van der Waals surface area contributed by atoms with Gasteiger partial charge < -0.3 is 10.4 Å². The Balaban J connectivity index is 0.00000220. The number of rotatable bonds is 4. The smallest absolute Gasteiger partial charge is 0.272 e. The van der Waals surface area contributed by atoms with E-state index in [2.05, 4.69) is 11.9 Å². The van der Waals surface area contributed by atoms with Crippen LogP contribution in [0.15, 0.2) is 24.8 Å². The number of nitrogens with zero attached hydrogens (tertiary/aromatic N) is 2. The fourth-order valence-electron chi connectivity index (χ4n) is 2.37. The van der Waals surface area contributed by atoms with Gasteiger partial charge in [-0.05, 0) is 0 Å². The quantitative estimate of drug-likeness (QED) is 0.493. The molecule has 124 valence electrons. The number of phenols is 1. The second-order valence-electron chi connectivity index (χ2n) is 4.59. The number of nitrogens with one attached hydrogen (secondary N) is 1. The highest BCUT2D eigenvalue weighted by atomic mass is 35.5. The van der Waals surface area contributed by atoms with Crippen molar-refractivity contribution in [3.05, 3.63) is 46.3 Å². The van der Waals surface area contributed by atoms with Crippen LogP contribution in [0.3, 0.4) is 0 Å². The molecule has 0 saturated carbocycles. The van der Waals surface area contributed by atoms with Crippen molar-refractivity contribution in [1.29, 1.82) is 0 Å². The van der Waals surface area contributed by atoms with Gasteiger partial charge >= 0.3 is 0 Å². The number of hydrogen-bond acceptors (Lipinski definition) is 5. The lowest BCUT2D eigenvalue weighted by molar-refractivity contribution is -0.385. The highest BCUT2D eigenvalue weighted by Crippen LogP contribution is 2.35. The summed E-state index contributed by atoms with van der Waals surface area (Å²) >= 11 is 0. The molecule has 22 heavy (non-hydrogen) atoms. The van der Waals surface area contributed by atoms with Gasteiger partial charge in [0.25, 0.3) is 5.69 Å². The van der Waals surface area contributed by atoms with E-state index in [4.69, 9.17) is 0 Å². The molecule has 1 aromatic carbocycles. The monoisotopic (exact) mass is 353 g/mol. The lowest BCUT2D eigenvalue weighted by Crippen LogP contribution is -2.44. The number of halogens is 3. The molecule has 0 spiro atoms. The predicted octanol–water partition coefficient (Wildman–Crippen LogP) is 2.42. The van der Waals surface area contributed by atoms with Crippen molar-refractivity contribution >= 4 is 30.5 Å². The van der Waals surface area contributed by atoms with Crippen molar-refractivity contribution in [2.24, 2.45) is 0 Å². The number of aromatic hydroxyl groups is 1. The van der Waals surface area contributed by atoms with E-state index in [0.717, 1.165) is 19.2 Å². The van der Waals surface area contributed by atoms with Crippen molar-refractivity contribution in [3.63, 3.8) is 0 Å². The highest BCUT2D eigenvalue weighted by molar-refractivity contribution is 5.85. The standard InChI is InChI=1S/C13H16FN3O3.2ClH/c1-2-12(16-5-3-15-4-6-16)10-7-9(17(19)20)8-11(14)13(10)18;;/h2,7-8,12,15,18H,1,3-6H2;2*1H/t12-;;/m1../s1. The summed E-state index contributed by atoms with van der Waals surface area (Å²) in [6, 6.07) is 1.47. The first-order chi connectivity index (χ1) is 9.54. The van der Waals surface area contributed by atoms with Crippen LogP contribution in [-0.4, -0.2) is 41.1 Å². The fraction of sp³-hybridized carbons (Fsp3) is 0.385. The summed E-state index contributed by atoms with van der Waals surface area (Å²) in [5.41, 5.74) is -0.203. The summed E-state index contributed by atoms with van der Waals surface area (Å²) in [7, 11) is 0. The maximum atomic E-state index is 13.6. The molecule has 1 atom stereocenters. The first-order valence-corrected chi connectivity index (χ1v) is 6.28. The third-order valence-electron chi connectivity index (χ3n) is 3.38. The van der Waals surface area contributed by atoms with Crippen LogP contribution in [0, 0.1) is 15.9 Å². The largest absolute Gasteiger partial charge is 0.505 e. The van der Waals surface area contributed by atoms with Gasteiger partial charge in [-0.3, -0.25) is 15.0 Å². The van der Waals surface area contributed by atoms with Crippen molar-refractivity contribution < 1.29 is 14.4 Å². The van der Waals surface area contributed by atoms with Crippen LogP contribution in [0.5, 0.6) is 5.75 Å². The number of phenolic OH excluding ortho intramolecular Hbond substituents is 1. The van der Waals surface area contributed by atoms with Gasteiger partial charge in [0.05, 0.1) is 17.0 Å². The molecule has 0 aliphatic carbocycles. The zero-order valence-corrected chi connectivity index (χ0v) is 13.3. The number of nitro benzene ring substituents is 1. The molecule has 0 aromatic heterocycles. The molecule has 6 nitrogen and oxygen atoms in total. The van der Waals surface area contributed by atoms with Gasteiger partial charge in [0.2, 0.25) is 0 Å². The van der Waals surface area contributed by atoms with Crippen LogP contribution in [0.1, 0.15) is 11.6 Å². The number of benzene rings is 1. The van der Waals surface area contributed by atoms with Gasteiger partial charge in [-0.25, -0.2) is 4.39 Å². The Hall–Kier alpha value is -1.41. The molecule has 1 fully saturated rings. The Morgan fingerprint density at radius 2 is 2.00 bits per heavy atom. The van der Waals surface area contributed by atoms with Gasteiger partial charge in [-0.15, -0.1) is 31.4 Å². The average molecular weight is 354 g/mol. The summed E-state index contributed by atoms with van der Waals surface area (Å²) in [5.74, 6) is -1.55. The normalized spacial score (nSPS) is 16.0. The van der Waals surface area contributed by atoms with E-state index in [1.165, 1.54) is 6.07 Å². The van der Waals surface area contributed by atoms with Crippen molar-refractivity contribution in [2.45, 2.75) is 6.04 Å². The Morgan fingerprint density at radius 1 is 1.41 bits per heavy atom. The number of nitro groups is 1. The van der Waals surface area contributed by atoms with Crippen LogP contribution in [-0.2, 0) is 0 Å². The van der Waals surface area contributed by atoms with Crippen LogP contribution in [0.4, 0.5) is 10.1 Å². The second-order valence-corrected chi connectivity index (χ2v) is 4.59. The van der Waals surface area contributed by atoms with Crippen LogP contribution in [0.2, 0.25) is 0 Å². The van der Waals surface area contributed by atoms with E-state index in [1.807, 2.05) is 4.90 Å². The maximum absolute atomic E-state index is 13.6. The van der Waals surface area contributed by atoms with Gasteiger partial charge in [-0.2, -0.15) is 0 Å². The van der Waals surface area contributed by atoms with Gasteiger partial charge in [0.1, 0.15) is 0 Å². The number of hydrogen-bond donors (Lipinski definition) is 2. The van der Waals surface area contributed by atoms with E-state index in [0.29, 0.717) is 13.1 Å². The summed E-state index contributed by atoms with van der Waals surface area (Å²) in [4.78, 5) is 12.1. The average Bonchev–Trinajstić information content (AvgIpc) is 2.45. The Kier molecular flexibility index (Phi) is 8.32.